The van der Waals surface area contributed by atoms with Crippen LogP contribution in [0.3, 0.4) is 0 Å². The number of Topliss-reactive ketones (excluding diaryl/α,β-unsaturated/α-hetero) is 2. The lowest BCUT2D eigenvalue weighted by Crippen LogP contribution is -2.43. The van der Waals surface area contributed by atoms with Gasteiger partial charge in [-0.3, -0.25) is 18.7 Å². The third-order valence-electron chi connectivity index (χ3n) is 8.87. The fourth-order valence-corrected chi connectivity index (χ4v) is 7.61. The highest BCUT2D eigenvalue weighted by atomic mass is 32.2. The first-order valence-electron chi connectivity index (χ1n) is 14.5. The molecule has 2 N–H and O–H groups in total. The number of carbonyl (C=O) groups is 2. The highest BCUT2D eigenvalue weighted by molar-refractivity contribution is 7.86. The fourth-order valence-electron chi connectivity index (χ4n) is 6.62. The van der Waals surface area contributed by atoms with Crippen molar-refractivity contribution in [3.63, 3.8) is 0 Å². The number of fused-ring (bicyclic) bond motifs is 2. The highest BCUT2D eigenvalue weighted by Gasteiger charge is 2.50. The Balaban J connectivity index is 1.48. The van der Waals surface area contributed by atoms with Crippen molar-refractivity contribution in [2.75, 3.05) is 29.5 Å². The molecule has 0 bridgehead atoms. The van der Waals surface area contributed by atoms with Gasteiger partial charge in [0.15, 0.2) is 17.3 Å². The van der Waals surface area contributed by atoms with Gasteiger partial charge in [-0.1, -0.05) is 50.2 Å². The Kier molecular flexibility index (Phi) is 8.11. The summed E-state index contributed by atoms with van der Waals surface area (Å²) in [6.07, 6.45) is 3.60. The van der Waals surface area contributed by atoms with E-state index in [4.69, 9.17) is 0 Å². The van der Waals surface area contributed by atoms with E-state index in [1.54, 1.807) is 12.2 Å². The minimum absolute atomic E-state index is 0.0637. The van der Waals surface area contributed by atoms with Crippen LogP contribution in [0.25, 0.3) is 0 Å². The van der Waals surface area contributed by atoms with E-state index in [0.717, 1.165) is 22.5 Å². The van der Waals surface area contributed by atoms with Crippen molar-refractivity contribution in [2.24, 2.45) is 5.92 Å². The fraction of sp³-hybridized carbons (Fsp3) is 0.406. The molecule has 0 atom stereocenters. The van der Waals surface area contributed by atoms with Crippen LogP contribution in [0.1, 0.15) is 51.7 Å². The van der Waals surface area contributed by atoms with Crippen molar-refractivity contribution < 1.29 is 40.1 Å². The molecule has 0 spiro atoms. The Morgan fingerprint density at radius 3 is 2.02 bits per heavy atom. The predicted octanol–water partition coefficient (Wildman–Crippen LogP) is 3.99. The molecule has 0 amide bonds. The molecule has 234 valence electrons. The van der Waals surface area contributed by atoms with Gasteiger partial charge in [-0.05, 0) is 38.0 Å². The van der Waals surface area contributed by atoms with E-state index in [0.29, 0.717) is 11.4 Å². The van der Waals surface area contributed by atoms with Gasteiger partial charge in [0.25, 0.3) is 20.2 Å². The molecule has 0 radical (unpaired) electrons. The van der Waals surface area contributed by atoms with Crippen LogP contribution >= 0.6 is 0 Å². The molecule has 3 aliphatic rings. The Morgan fingerprint density at radius 2 is 1.39 bits per heavy atom. The molecule has 2 aliphatic heterocycles. The number of nitrogens with zero attached hydrogens (tertiary/aromatic N) is 2. The molecule has 1 aliphatic carbocycles. The highest BCUT2D eigenvalue weighted by Crippen LogP contribution is 2.49. The van der Waals surface area contributed by atoms with Gasteiger partial charge in [-0.15, -0.1) is 0 Å². The number of carbonyl (C=O) groups excluding carboxylic acids is 2. The SMILES string of the molecule is CC1(C)C(C=C2C(=O)C(/C=C3/N(CCCS(=O)(=O)O)c4ccccc4C3(C)C)C2=O)=[N+](CCCS(=O)(=O)O)c2ccccc21. The van der Waals surface area contributed by atoms with Crippen LogP contribution in [-0.4, -0.2) is 72.4 Å². The summed E-state index contributed by atoms with van der Waals surface area (Å²) < 4.78 is 66.0. The maximum absolute atomic E-state index is 13.6. The molecule has 5 rings (SSSR count). The molecule has 0 aromatic heterocycles. The second kappa shape index (κ2) is 11.2. The Hall–Kier alpha value is -3.45. The number of allylic oxidation sites excluding steroid dienone is 4. The number of rotatable bonds is 10. The van der Waals surface area contributed by atoms with E-state index in [2.05, 4.69) is 0 Å². The maximum atomic E-state index is 13.6. The number of hydrogen-bond donors (Lipinski definition) is 2. The molecule has 1 saturated carbocycles. The third-order valence-corrected chi connectivity index (χ3v) is 10.5. The van der Waals surface area contributed by atoms with Gasteiger partial charge in [0.1, 0.15) is 12.5 Å². The number of anilines is 1. The Bertz CT molecular complexity index is 1850. The summed E-state index contributed by atoms with van der Waals surface area (Å²) in [5.74, 6) is -2.49. The molecule has 10 nitrogen and oxygen atoms in total. The molecule has 2 heterocycles. The van der Waals surface area contributed by atoms with Crippen LogP contribution < -0.4 is 4.90 Å². The third kappa shape index (κ3) is 5.83. The first-order chi connectivity index (χ1) is 20.4. The van der Waals surface area contributed by atoms with Crippen molar-refractivity contribution in [2.45, 2.75) is 51.4 Å². The van der Waals surface area contributed by atoms with Crippen molar-refractivity contribution >= 4 is 48.9 Å². The van der Waals surface area contributed by atoms with E-state index >= 15 is 0 Å². The van der Waals surface area contributed by atoms with E-state index < -0.39 is 48.5 Å². The van der Waals surface area contributed by atoms with Gasteiger partial charge < -0.3 is 4.90 Å². The predicted molar refractivity (Wildman–Crippen MR) is 168 cm³/mol. The average Bonchev–Trinajstić information content (AvgIpc) is 3.27. The number of ketones is 2. The lowest BCUT2D eigenvalue weighted by Gasteiger charge is -2.31. The van der Waals surface area contributed by atoms with E-state index in [1.165, 1.54) is 0 Å². The lowest BCUT2D eigenvalue weighted by molar-refractivity contribution is -0.437. The number of benzene rings is 2. The van der Waals surface area contributed by atoms with Crippen LogP contribution in [0.5, 0.6) is 0 Å². The topological polar surface area (TPSA) is 149 Å². The molecular weight excluding hydrogens is 604 g/mol. The van der Waals surface area contributed by atoms with Crippen LogP contribution in [-0.2, 0) is 40.7 Å². The van der Waals surface area contributed by atoms with Crippen molar-refractivity contribution in [3.8, 4) is 0 Å². The molecule has 44 heavy (non-hydrogen) atoms. The number of para-hydroxylation sites is 2. The van der Waals surface area contributed by atoms with Crippen LogP contribution in [0.4, 0.5) is 11.4 Å². The smallest absolute Gasteiger partial charge is 0.265 e. The van der Waals surface area contributed by atoms with Crippen LogP contribution in [0.15, 0.2) is 72.0 Å². The van der Waals surface area contributed by atoms with E-state index in [9.17, 15) is 35.5 Å². The van der Waals surface area contributed by atoms with Gasteiger partial charge in [-0.25, -0.2) is 0 Å². The van der Waals surface area contributed by atoms with Crippen molar-refractivity contribution in [3.05, 3.63) is 83.1 Å². The summed E-state index contributed by atoms with van der Waals surface area (Å²) in [4.78, 5) is 29.1. The van der Waals surface area contributed by atoms with E-state index in [-0.39, 0.29) is 43.1 Å². The molecule has 12 heteroatoms. The summed E-state index contributed by atoms with van der Waals surface area (Å²) in [5.41, 5.74) is 3.99. The van der Waals surface area contributed by atoms with Gasteiger partial charge in [0.05, 0.1) is 22.5 Å². The Labute approximate surface area is 258 Å². The average molecular weight is 642 g/mol. The largest absolute Gasteiger partial charge is 0.344 e. The van der Waals surface area contributed by atoms with Crippen LogP contribution in [0, 0.1) is 5.92 Å². The second-order valence-electron chi connectivity index (χ2n) is 12.6. The molecule has 2 aromatic rings. The summed E-state index contributed by atoms with van der Waals surface area (Å²) in [6, 6.07) is 15.3. The molecule has 0 saturated heterocycles. The van der Waals surface area contributed by atoms with Gasteiger partial charge in [0, 0.05) is 47.5 Å². The van der Waals surface area contributed by atoms with Gasteiger partial charge >= 0.3 is 0 Å². The summed E-state index contributed by atoms with van der Waals surface area (Å²) >= 11 is 0. The zero-order chi connectivity index (χ0) is 32.2. The minimum Gasteiger partial charge on any atom is -0.344 e. The van der Waals surface area contributed by atoms with Crippen LogP contribution in [0.2, 0.25) is 0 Å². The van der Waals surface area contributed by atoms with Crippen molar-refractivity contribution in [1.29, 1.82) is 0 Å². The maximum Gasteiger partial charge on any atom is 0.265 e. The van der Waals surface area contributed by atoms with Gasteiger partial charge in [-0.2, -0.15) is 21.4 Å². The summed E-state index contributed by atoms with van der Waals surface area (Å²) in [6.45, 7) is 8.48. The molecule has 1 fully saturated rings. The van der Waals surface area contributed by atoms with Crippen molar-refractivity contribution in [1.82, 2.24) is 0 Å². The summed E-state index contributed by atoms with van der Waals surface area (Å²) in [5, 5.41) is 0. The second-order valence-corrected chi connectivity index (χ2v) is 15.7. The zero-order valence-corrected chi connectivity index (χ0v) is 26.8. The Morgan fingerprint density at radius 1 is 0.818 bits per heavy atom. The minimum atomic E-state index is -4.15. The zero-order valence-electron chi connectivity index (χ0n) is 25.1. The monoisotopic (exact) mass is 641 g/mol. The normalized spacial score (nSPS) is 21.5. The number of hydrogen-bond acceptors (Lipinski definition) is 7. The molecule has 0 unspecified atom stereocenters. The standard InChI is InChI=1S/C32H36N2O8S2/c1-31(2)23-11-5-7-13-25(23)33(15-9-17-43(37,38)39)27(31)19-21-29(35)22(30(21)36)20-28-32(3,4)24-12-6-8-14-26(24)34(28)16-10-18-44(40,41)42/h5-8,11-14,19-21H,9-10,15-18H2,1-4H3,(H-,37,38,39,40,41,42)/p+1/b22-20?,27-19+. The molecule has 2 aromatic carbocycles. The first-order valence-corrected chi connectivity index (χ1v) is 17.7. The van der Waals surface area contributed by atoms with Gasteiger partial charge in [0.2, 0.25) is 5.69 Å². The lowest BCUT2D eigenvalue weighted by atomic mass is 9.72. The quantitative estimate of drug-likeness (QED) is 0.129. The summed E-state index contributed by atoms with van der Waals surface area (Å²) in [7, 11) is -8.30. The van der Waals surface area contributed by atoms with E-state index in [1.807, 2.05) is 85.7 Å². The molecular formula is C32H37N2O8S2+. The first kappa shape index (κ1) is 32.0.